The fourth-order valence-corrected chi connectivity index (χ4v) is 4.75. The van der Waals surface area contributed by atoms with Gasteiger partial charge in [0.1, 0.15) is 16.3 Å². The van der Waals surface area contributed by atoms with Crippen molar-refractivity contribution >= 4 is 15.9 Å². The fourth-order valence-electron chi connectivity index (χ4n) is 3.23. The van der Waals surface area contributed by atoms with Crippen LogP contribution in [0.2, 0.25) is 0 Å². The summed E-state index contributed by atoms with van der Waals surface area (Å²) in [4.78, 5) is 15.3. The fraction of sp³-hybridized carbons (Fsp3) is 0.421. The van der Waals surface area contributed by atoms with E-state index in [1.165, 1.54) is 37.9 Å². The maximum Gasteiger partial charge on any atom is 0.268 e. The highest BCUT2D eigenvalue weighted by atomic mass is 32.2. The molecule has 2 aromatic rings. The molecule has 0 unspecified atom stereocenters. The summed E-state index contributed by atoms with van der Waals surface area (Å²) in [6.07, 6.45) is 3.05. The van der Waals surface area contributed by atoms with E-state index < -0.39 is 15.9 Å². The van der Waals surface area contributed by atoms with E-state index in [1.807, 2.05) is 0 Å². The summed E-state index contributed by atoms with van der Waals surface area (Å²) in [5.74, 6) is 1.13. The van der Waals surface area contributed by atoms with Gasteiger partial charge in [-0.1, -0.05) is 0 Å². The highest BCUT2D eigenvalue weighted by molar-refractivity contribution is 7.89. The van der Waals surface area contributed by atoms with Gasteiger partial charge < -0.3 is 24.5 Å². The minimum atomic E-state index is -3.57. The van der Waals surface area contributed by atoms with Crippen LogP contribution < -0.4 is 19.5 Å². The van der Waals surface area contributed by atoms with E-state index in [0.29, 0.717) is 35.9 Å². The third-order valence-electron chi connectivity index (χ3n) is 4.83. The molecule has 1 aromatic heterocycles. The Balaban J connectivity index is 1.73. The number of hydrogen-bond donors (Lipinski definition) is 2. The molecule has 2 N–H and O–H groups in total. The lowest BCUT2D eigenvalue weighted by Crippen LogP contribution is -2.27. The van der Waals surface area contributed by atoms with Crippen molar-refractivity contribution in [1.82, 2.24) is 14.6 Å². The number of aromatic amines is 1. The smallest absolute Gasteiger partial charge is 0.268 e. The zero-order valence-electron chi connectivity index (χ0n) is 16.6. The maximum absolute atomic E-state index is 12.6. The average molecular weight is 423 g/mol. The Morgan fingerprint density at radius 3 is 2.28 bits per heavy atom. The maximum atomic E-state index is 12.6. The number of rotatable bonds is 8. The molecule has 1 aliphatic heterocycles. The van der Waals surface area contributed by atoms with Crippen molar-refractivity contribution in [2.45, 2.75) is 24.3 Å². The second kappa shape index (κ2) is 8.75. The quantitative estimate of drug-likeness (QED) is 0.669. The van der Waals surface area contributed by atoms with Gasteiger partial charge in [0.15, 0.2) is 11.5 Å². The minimum Gasteiger partial charge on any atom is -0.496 e. The second-order valence-corrected chi connectivity index (χ2v) is 8.50. The molecule has 1 aliphatic rings. The number of hydrogen-bond acceptors (Lipinski definition) is 6. The molecule has 1 amide bonds. The van der Waals surface area contributed by atoms with Crippen molar-refractivity contribution in [3.63, 3.8) is 0 Å². The molecule has 0 saturated carbocycles. The summed E-state index contributed by atoms with van der Waals surface area (Å²) in [7, 11) is 0.994. The van der Waals surface area contributed by atoms with Gasteiger partial charge in [-0.15, -0.1) is 0 Å². The molecule has 158 valence electrons. The molecule has 1 fully saturated rings. The number of carbonyl (C=O) groups excluding carboxylic acids is 1. The zero-order chi connectivity index (χ0) is 21.0. The largest absolute Gasteiger partial charge is 0.496 e. The van der Waals surface area contributed by atoms with Gasteiger partial charge in [-0.3, -0.25) is 4.79 Å². The molecule has 0 spiro atoms. The van der Waals surface area contributed by atoms with Crippen LogP contribution in [0.4, 0.5) is 0 Å². The van der Waals surface area contributed by atoms with E-state index in [-0.39, 0.29) is 17.1 Å². The SMILES string of the molecule is COc1cc(OC)c(OC)cc1CNC(=O)c1cc(S(=O)(=O)N2CCCC2)c[nH]1. The van der Waals surface area contributed by atoms with Crippen LogP contribution in [-0.2, 0) is 16.6 Å². The van der Waals surface area contributed by atoms with Crippen LogP contribution in [0.1, 0.15) is 28.9 Å². The number of sulfonamides is 1. The first-order valence-corrected chi connectivity index (χ1v) is 10.6. The van der Waals surface area contributed by atoms with Crippen molar-refractivity contribution in [3.8, 4) is 17.2 Å². The number of ether oxygens (including phenoxy) is 3. The number of carbonyl (C=O) groups is 1. The summed E-state index contributed by atoms with van der Waals surface area (Å²) in [6.45, 7) is 1.18. The molecule has 29 heavy (non-hydrogen) atoms. The van der Waals surface area contributed by atoms with E-state index in [0.717, 1.165) is 12.8 Å². The van der Waals surface area contributed by atoms with E-state index in [1.54, 1.807) is 12.1 Å². The number of nitrogens with zero attached hydrogens (tertiary/aromatic N) is 1. The molecule has 1 aromatic carbocycles. The number of methoxy groups -OCH3 is 3. The van der Waals surface area contributed by atoms with Crippen molar-refractivity contribution < 1.29 is 27.4 Å². The third-order valence-corrected chi connectivity index (χ3v) is 6.71. The first kappa shape index (κ1) is 21.0. The molecule has 10 heteroatoms. The van der Waals surface area contributed by atoms with Gasteiger partial charge in [-0.05, 0) is 25.0 Å². The van der Waals surface area contributed by atoms with Crippen LogP contribution >= 0.6 is 0 Å². The molecule has 0 aliphatic carbocycles. The Bertz CT molecular complexity index is 980. The first-order valence-electron chi connectivity index (χ1n) is 9.16. The summed E-state index contributed by atoms with van der Waals surface area (Å²) in [6, 6.07) is 4.75. The number of amides is 1. The topological polar surface area (TPSA) is 110 Å². The van der Waals surface area contributed by atoms with E-state index in [2.05, 4.69) is 10.3 Å². The number of H-pyrrole nitrogens is 1. The van der Waals surface area contributed by atoms with Crippen LogP contribution in [0.5, 0.6) is 17.2 Å². The monoisotopic (exact) mass is 423 g/mol. The van der Waals surface area contributed by atoms with E-state index >= 15 is 0 Å². The highest BCUT2D eigenvalue weighted by Crippen LogP contribution is 2.34. The van der Waals surface area contributed by atoms with E-state index in [4.69, 9.17) is 14.2 Å². The third kappa shape index (κ3) is 4.33. The molecular formula is C19H25N3O6S. The number of benzene rings is 1. The zero-order valence-corrected chi connectivity index (χ0v) is 17.5. The Morgan fingerprint density at radius 2 is 1.66 bits per heavy atom. The Hall–Kier alpha value is -2.72. The molecule has 2 heterocycles. The van der Waals surface area contributed by atoms with Gasteiger partial charge in [0.05, 0.1) is 21.3 Å². The summed E-state index contributed by atoms with van der Waals surface area (Å²) < 4.78 is 42.5. The van der Waals surface area contributed by atoms with Crippen molar-refractivity contribution in [1.29, 1.82) is 0 Å². The average Bonchev–Trinajstić information content (AvgIpc) is 3.44. The second-order valence-electron chi connectivity index (χ2n) is 6.56. The van der Waals surface area contributed by atoms with Crippen molar-refractivity contribution in [2.75, 3.05) is 34.4 Å². The Morgan fingerprint density at radius 1 is 1.03 bits per heavy atom. The lowest BCUT2D eigenvalue weighted by Gasteiger charge is -2.14. The van der Waals surface area contributed by atoms with Gasteiger partial charge in [0, 0.05) is 37.5 Å². The van der Waals surface area contributed by atoms with Gasteiger partial charge in [0.2, 0.25) is 10.0 Å². The summed E-state index contributed by atoms with van der Waals surface area (Å²) >= 11 is 0. The molecule has 0 radical (unpaired) electrons. The van der Waals surface area contributed by atoms with Crippen LogP contribution in [0.25, 0.3) is 0 Å². The van der Waals surface area contributed by atoms with Gasteiger partial charge >= 0.3 is 0 Å². The standard InChI is InChI=1S/C19H25N3O6S/c1-26-16-10-18(28-3)17(27-2)8-13(16)11-21-19(23)15-9-14(12-20-15)29(24,25)22-6-4-5-7-22/h8-10,12,20H,4-7,11H2,1-3H3,(H,21,23). The predicted molar refractivity (Wildman–Crippen MR) is 106 cm³/mol. The molecule has 3 rings (SSSR count). The first-order chi connectivity index (χ1) is 13.9. The lowest BCUT2D eigenvalue weighted by atomic mass is 10.1. The van der Waals surface area contributed by atoms with Crippen molar-refractivity contribution in [3.05, 3.63) is 35.7 Å². The molecule has 0 atom stereocenters. The minimum absolute atomic E-state index is 0.0910. The molecular weight excluding hydrogens is 398 g/mol. The number of nitrogens with one attached hydrogen (secondary N) is 2. The highest BCUT2D eigenvalue weighted by Gasteiger charge is 2.28. The van der Waals surface area contributed by atoms with Crippen LogP contribution in [0, 0.1) is 0 Å². The molecule has 1 saturated heterocycles. The van der Waals surface area contributed by atoms with Crippen molar-refractivity contribution in [2.24, 2.45) is 0 Å². The molecule has 9 nitrogen and oxygen atoms in total. The van der Waals surface area contributed by atoms with Crippen LogP contribution in [0.3, 0.4) is 0 Å². The predicted octanol–water partition coefficient (Wildman–Crippen LogP) is 1.75. The van der Waals surface area contributed by atoms with Gasteiger partial charge in [-0.25, -0.2) is 8.42 Å². The van der Waals surface area contributed by atoms with Gasteiger partial charge in [0.25, 0.3) is 5.91 Å². The van der Waals surface area contributed by atoms with E-state index in [9.17, 15) is 13.2 Å². The van der Waals surface area contributed by atoms with Crippen LogP contribution in [-0.4, -0.2) is 58.0 Å². The van der Waals surface area contributed by atoms with Crippen LogP contribution in [0.15, 0.2) is 29.3 Å². The summed E-state index contributed by atoms with van der Waals surface area (Å²) in [5, 5.41) is 2.76. The lowest BCUT2D eigenvalue weighted by molar-refractivity contribution is 0.0946. The molecule has 0 bridgehead atoms. The Kier molecular flexibility index (Phi) is 6.33. The normalized spacial score (nSPS) is 14.6. The number of aromatic nitrogens is 1. The Labute approximate surface area is 170 Å². The summed E-state index contributed by atoms with van der Waals surface area (Å²) in [5.41, 5.74) is 0.859. The van der Waals surface area contributed by atoms with Gasteiger partial charge in [-0.2, -0.15) is 4.31 Å².